The first-order chi connectivity index (χ1) is 15.2. The van der Waals surface area contributed by atoms with Gasteiger partial charge in [-0.05, 0) is 31.0 Å². The van der Waals surface area contributed by atoms with Crippen LogP contribution in [-0.4, -0.2) is 58.1 Å². The van der Waals surface area contributed by atoms with Gasteiger partial charge in [0.15, 0.2) is 11.5 Å². The summed E-state index contributed by atoms with van der Waals surface area (Å²) in [4.78, 5) is 23.9. The molecule has 2 aliphatic rings. The molecular formula is C21H23N5O5. The molecule has 0 spiro atoms. The van der Waals surface area contributed by atoms with Crippen LogP contribution < -0.4 is 19.1 Å². The molecule has 0 atom stereocenters. The Hall–Kier alpha value is -3.82. The van der Waals surface area contributed by atoms with Crippen molar-refractivity contribution in [3.8, 4) is 28.6 Å². The van der Waals surface area contributed by atoms with Crippen LogP contribution in [-0.2, 0) is 4.79 Å². The zero-order valence-corrected chi connectivity index (χ0v) is 17.0. The molecule has 5 rings (SSSR count). The minimum atomic E-state index is -0.250. The van der Waals surface area contributed by atoms with E-state index in [1.165, 1.54) is 0 Å². The molecule has 1 fully saturated rings. The summed E-state index contributed by atoms with van der Waals surface area (Å²) in [5.74, 6) is 3.72. The van der Waals surface area contributed by atoms with Gasteiger partial charge in [-0.3, -0.25) is 4.79 Å². The van der Waals surface area contributed by atoms with Gasteiger partial charge in [-0.15, -0.1) is 0 Å². The summed E-state index contributed by atoms with van der Waals surface area (Å²) in [6.45, 7) is 1.79. The number of imidazole rings is 1. The van der Waals surface area contributed by atoms with Crippen LogP contribution >= 0.6 is 0 Å². The summed E-state index contributed by atoms with van der Waals surface area (Å²) in [5.41, 5.74) is 0.958. The molecule has 2 aliphatic heterocycles. The second kappa shape index (κ2) is 9.33. The Bertz CT molecular complexity index is 1020. The number of nitrogens with zero attached hydrogens (tertiary/aromatic N) is 5. The van der Waals surface area contributed by atoms with Gasteiger partial charge in [-0.1, -0.05) is 0 Å². The van der Waals surface area contributed by atoms with Crippen molar-refractivity contribution in [1.82, 2.24) is 19.5 Å². The van der Waals surface area contributed by atoms with Crippen LogP contribution in [0.15, 0.2) is 43.0 Å². The number of fused-ring (bicyclic) bond motifs is 1. The number of carbonyl (C=O) groups is 1. The normalized spacial score (nSPS) is 15.2. The molecule has 0 aliphatic carbocycles. The van der Waals surface area contributed by atoms with Gasteiger partial charge in [0.25, 0.3) is 6.47 Å². The van der Waals surface area contributed by atoms with Crippen LogP contribution in [0.2, 0.25) is 0 Å². The number of methoxy groups -OCH3 is 1. The van der Waals surface area contributed by atoms with Crippen molar-refractivity contribution in [3.05, 3.63) is 43.0 Å². The molecular weight excluding hydrogens is 402 g/mol. The third-order valence-corrected chi connectivity index (χ3v) is 5.28. The van der Waals surface area contributed by atoms with E-state index >= 15 is 0 Å². The minimum absolute atomic E-state index is 0.212. The number of ether oxygens (including phenoxy) is 3. The van der Waals surface area contributed by atoms with Crippen molar-refractivity contribution in [1.29, 1.82) is 0 Å². The van der Waals surface area contributed by atoms with Gasteiger partial charge in [0.2, 0.25) is 18.5 Å². The Morgan fingerprint density at radius 1 is 1.13 bits per heavy atom. The van der Waals surface area contributed by atoms with E-state index in [1.807, 2.05) is 30.6 Å². The number of hydrogen-bond acceptors (Lipinski definition) is 8. The number of benzene rings is 1. The number of rotatable bonds is 4. The number of carboxylic acid groups (broad SMARTS) is 1. The lowest BCUT2D eigenvalue weighted by molar-refractivity contribution is -0.122. The van der Waals surface area contributed by atoms with Crippen LogP contribution in [0.25, 0.3) is 11.4 Å². The molecule has 2 aromatic heterocycles. The van der Waals surface area contributed by atoms with Crippen LogP contribution in [0.4, 0.5) is 5.95 Å². The standard InChI is InChI=1S/C20H21N5O3.CH2O2/c1-26-16-11-14(12-17-18(16)28-13-27-17)19-21-7-10-25(19)15-3-8-24(9-4-15)20-22-5-2-6-23-20;2-1-3/h2,5-7,10-12,15H,3-4,8-9,13H2,1H3;1H,(H,2,3). The highest BCUT2D eigenvalue weighted by atomic mass is 16.7. The highest BCUT2D eigenvalue weighted by Crippen LogP contribution is 2.44. The summed E-state index contributed by atoms with van der Waals surface area (Å²) in [5, 5.41) is 6.89. The summed E-state index contributed by atoms with van der Waals surface area (Å²) in [6.07, 6.45) is 9.47. The third-order valence-electron chi connectivity index (χ3n) is 5.28. The number of hydrogen-bond donors (Lipinski definition) is 1. The van der Waals surface area contributed by atoms with E-state index in [1.54, 1.807) is 19.5 Å². The Balaban J connectivity index is 0.000000730. The Labute approximate surface area is 179 Å². The lowest BCUT2D eigenvalue weighted by Crippen LogP contribution is -2.35. The molecule has 31 heavy (non-hydrogen) atoms. The fourth-order valence-corrected chi connectivity index (χ4v) is 3.89. The Morgan fingerprint density at radius 3 is 2.58 bits per heavy atom. The van der Waals surface area contributed by atoms with Crippen LogP contribution in [0, 0.1) is 0 Å². The first kappa shape index (κ1) is 20.5. The van der Waals surface area contributed by atoms with Gasteiger partial charge in [-0.25, -0.2) is 15.0 Å². The van der Waals surface area contributed by atoms with Gasteiger partial charge < -0.3 is 28.8 Å². The SMILES string of the molecule is COc1cc(-c2nccn2C2CCN(c3ncccn3)CC2)cc2c1OCO2.O=CO. The Morgan fingerprint density at radius 2 is 1.87 bits per heavy atom. The smallest absolute Gasteiger partial charge is 0.290 e. The summed E-state index contributed by atoms with van der Waals surface area (Å²) < 4.78 is 18.8. The van der Waals surface area contributed by atoms with E-state index in [0.717, 1.165) is 43.3 Å². The van der Waals surface area contributed by atoms with Crippen LogP contribution in [0.1, 0.15) is 18.9 Å². The van der Waals surface area contributed by atoms with E-state index in [-0.39, 0.29) is 13.3 Å². The van der Waals surface area contributed by atoms with Crippen molar-refractivity contribution in [3.63, 3.8) is 0 Å². The maximum Gasteiger partial charge on any atom is 0.290 e. The summed E-state index contributed by atoms with van der Waals surface area (Å²) >= 11 is 0. The van der Waals surface area contributed by atoms with E-state index in [4.69, 9.17) is 24.1 Å². The zero-order chi connectivity index (χ0) is 21.6. The molecule has 10 heteroatoms. The second-order valence-electron chi connectivity index (χ2n) is 6.94. The quantitative estimate of drug-likeness (QED) is 0.630. The molecule has 1 saturated heterocycles. The average Bonchev–Trinajstić information content (AvgIpc) is 3.49. The first-order valence-corrected chi connectivity index (χ1v) is 9.85. The van der Waals surface area contributed by atoms with Gasteiger partial charge in [0, 0.05) is 49.5 Å². The monoisotopic (exact) mass is 425 g/mol. The number of anilines is 1. The Kier molecular flexibility index (Phi) is 6.16. The molecule has 3 aromatic rings. The predicted octanol–water partition coefficient (Wildman–Crippen LogP) is 2.62. The van der Waals surface area contributed by atoms with Crippen LogP contribution in [0.5, 0.6) is 17.2 Å². The van der Waals surface area contributed by atoms with Gasteiger partial charge >= 0.3 is 0 Å². The van der Waals surface area contributed by atoms with Crippen molar-refractivity contribution >= 4 is 12.4 Å². The molecule has 0 unspecified atom stereocenters. The van der Waals surface area contributed by atoms with E-state index < -0.39 is 0 Å². The van der Waals surface area contributed by atoms with Crippen molar-refractivity contribution in [2.24, 2.45) is 0 Å². The molecule has 1 N–H and O–H groups in total. The van der Waals surface area contributed by atoms with Crippen LogP contribution in [0.3, 0.4) is 0 Å². The fraction of sp³-hybridized carbons (Fsp3) is 0.333. The zero-order valence-electron chi connectivity index (χ0n) is 17.0. The van der Waals surface area contributed by atoms with Gasteiger partial charge in [0.05, 0.1) is 7.11 Å². The number of piperidine rings is 1. The van der Waals surface area contributed by atoms with Gasteiger partial charge in [0.1, 0.15) is 5.82 Å². The highest BCUT2D eigenvalue weighted by molar-refractivity contribution is 5.67. The van der Waals surface area contributed by atoms with Crippen molar-refractivity contribution in [2.45, 2.75) is 18.9 Å². The van der Waals surface area contributed by atoms with E-state index in [2.05, 4.69) is 24.4 Å². The topological polar surface area (TPSA) is 112 Å². The fourth-order valence-electron chi connectivity index (χ4n) is 3.89. The summed E-state index contributed by atoms with van der Waals surface area (Å²) in [7, 11) is 1.63. The number of aromatic nitrogens is 4. The lowest BCUT2D eigenvalue weighted by atomic mass is 10.0. The molecule has 4 heterocycles. The largest absolute Gasteiger partial charge is 0.493 e. The molecule has 0 saturated carbocycles. The first-order valence-electron chi connectivity index (χ1n) is 9.85. The maximum atomic E-state index is 8.36. The minimum Gasteiger partial charge on any atom is -0.493 e. The predicted molar refractivity (Wildman–Crippen MR) is 112 cm³/mol. The van der Waals surface area contributed by atoms with Crippen molar-refractivity contribution in [2.75, 3.05) is 31.9 Å². The molecule has 1 aromatic carbocycles. The maximum absolute atomic E-state index is 8.36. The average molecular weight is 425 g/mol. The highest BCUT2D eigenvalue weighted by Gasteiger charge is 2.26. The summed E-state index contributed by atoms with van der Waals surface area (Å²) in [6, 6.07) is 6.14. The van der Waals surface area contributed by atoms with E-state index in [0.29, 0.717) is 23.3 Å². The molecule has 0 amide bonds. The third kappa shape index (κ3) is 4.23. The molecule has 0 radical (unpaired) electrons. The molecule has 0 bridgehead atoms. The molecule has 10 nitrogen and oxygen atoms in total. The second-order valence-corrected chi connectivity index (χ2v) is 6.94. The van der Waals surface area contributed by atoms with Gasteiger partial charge in [-0.2, -0.15) is 0 Å². The van der Waals surface area contributed by atoms with Crippen molar-refractivity contribution < 1.29 is 24.1 Å². The lowest BCUT2D eigenvalue weighted by Gasteiger charge is -2.33. The molecule has 162 valence electrons. The van der Waals surface area contributed by atoms with E-state index in [9.17, 15) is 0 Å².